The molecule has 0 unspecified atom stereocenters. The Balaban J connectivity index is 0.000000427. The molecule has 0 aliphatic carbocycles. The summed E-state index contributed by atoms with van der Waals surface area (Å²) in [6.45, 7) is 0.612. The molecular weight excluding hydrogens is 408 g/mol. The number of aliphatic carboxylic acids is 2. The highest BCUT2D eigenvalue weighted by molar-refractivity contribution is 6.27. The van der Waals surface area contributed by atoms with Crippen LogP contribution in [0.25, 0.3) is 22.0 Å². The molecule has 162 valence electrons. The molecule has 4 N–H and O–H groups in total. The molecule has 1 heterocycles. The van der Waals surface area contributed by atoms with Crippen molar-refractivity contribution in [1.82, 2.24) is 10.3 Å². The molecule has 7 nitrogen and oxygen atoms in total. The molecule has 0 atom stereocenters. The van der Waals surface area contributed by atoms with E-state index in [0.29, 0.717) is 12.1 Å². The number of carbonyl (C=O) groups is 3. The van der Waals surface area contributed by atoms with Crippen molar-refractivity contribution in [3.63, 3.8) is 0 Å². The van der Waals surface area contributed by atoms with E-state index in [-0.39, 0.29) is 5.91 Å². The van der Waals surface area contributed by atoms with Gasteiger partial charge in [0.1, 0.15) is 0 Å². The van der Waals surface area contributed by atoms with Crippen molar-refractivity contribution in [2.45, 2.75) is 6.42 Å². The number of hydrogen-bond donors (Lipinski definition) is 4. The van der Waals surface area contributed by atoms with Gasteiger partial charge >= 0.3 is 11.9 Å². The summed E-state index contributed by atoms with van der Waals surface area (Å²) in [5, 5.41) is 19.0. The smallest absolute Gasteiger partial charge is 0.414 e. The molecule has 0 aliphatic rings. The molecule has 32 heavy (non-hydrogen) atoms. The van der Waals surface area contributed by atoms with Crippen molar-refractivity contribution in [1.29, 1.82) is 0 Å². The Kier molecular flexibility index (Phi) is 7.37. The molecule has 1 aromatic heterocycles. The van der Waals surface area contributed by atoms with Gasteiger partial charge in [-0.3, -0.25) is 4.79 Å². The zero-order chi connectivity index (χ0) is 22.9. The van der Waals surface area contributed by atoms with Gasteiger partial charge in [-0.05, 0) is 41.3 Å². The SMILES string of the molecule is O=C(NCCc1c[nH]c2ccccc12)c1ccc(-c2ccccc2)cc1.O=C(O)C(=O)O. The molecule has 0 aliphatic heterocycles. The van der Waals surface area contributed by atoms with Crippen LogP contribution in [0, 0.1) is 0 Å². The van der Waals surface area contributed by atoms with Gasteiger partial charge in [-0.1, -0.05) is 60.7 Å². The third kappa shape index (κ3) is 5.82. The molecular formula is C25H22N2O5. The van der Waals surface area contributed by atoms with Gasteiger partial charge < -0.3 is 20.5 Å². The summed E-state index contributed by atoms with van der Waals surface area (Å²) < 4.78 is 0. The van der Waals surface area contributed by atoms with E-state index in [0.717, 1.165) is 23.1 Å². The first kappa shape index (κ1) is 22.3. The first-order chi connectivity index (χ1) is 15.5. The lowest BCUT2D eigenvalue weighted by molar-refractivity contribution is -0.159. The largest absolute Gasteiger partial charge is 0.473 e. The predicted octanol–water partition coefficient (Wildman–Crippen LogP) is 3.96. The van der Waals surface area contributed by atoms with Crippen LogP contribution in [0.4, 0.5) is 0 Å². The fourth-order valence-electron chi connectivity index (χ4n) is 3.20. The summed E-state index contributed by atoms with van der Waals surface area (Å²) in [6, 6.07) is 26.1. The standard InChI is InChI=1S/C23H20N2O.C2H2O4/c26-23(19-12-10-18(11-13-19)17-6-2-1-3-7-17)24-15-14-20-16-25-22-9-5-4-8-21(20)22;3-1(4)2(5)6/h1-13,16,25H,14-15H2,(H,24,26);(H,3,4)(H,5,6). The van der Waals surface area contributed by atoms with E-state index in [4.69, 9.17) is 19.8 Å². The van der Waals surface area contributed by atoms with Crippen LogP contribution in [0.3, 0.4) is 0 Å². The van der Waals surface area contributed by atoms with Crippen molar-refractivity contribution in [3.8, 4) is 11.1 Å². The number of rotatable bonds is 5. The van der Waals surface area contributed by atoms with Gasteiger partial charge in [-0.2, -0.15) is 0 Å². The van der Waals surface area contributed by atoms with Crippen LogP contribution in [-0.2, 0) is 16.0 Å². The van der Waals surface area contributed by atoms with E-state index in [1.165, 1.54) is 10.9 Å². The van der Waals surface area contributed by atoms with Crippen LogP contribution >= 0.6 is 0 Å². The fraction of sp³-hybridized carbons (Fsp3) is 0.0800. The summed E-state index contributed by atoms with van der Waals surface area (Å²) in [5.74, 6) is -3.69. The number of carbonyl (C=O) groups excluding carboxylic acids is 1. The van der Waals surface area contributed by atoms with Crippen LogP contribution in [0.15, 0.2) is 85.1 Å². The Morgan fingerprint density at radius 2 is 1.34 bits per heavy atom. The monoisotopic (exact) mass is 430 g/mol. The zero-order valence-corrected chi connectivity index (χ0v) is 17.1. The lowest BCUT2D eigenvalue weighted by Crippen LogP contribution is -2.25. The number of carboxylic acids is 2. The van der Waals surface area contributed by atoms with Gasteiger partial charge in [0.25, 0.3) is 5.91 Å². The summed E-state index contributed by atoms with van der Waals surface area (Å²) in [4.78, 5) is 33.8. The highest BCUT2D eigenvalue weighted by atomic mass is 16.4. The quantitative estimate of drug-likeness (QED) is 0.357. The maximum absolute atomic E-state index is 12.4. The molecule has 0 bridgehead atoms. The average Bonchev–Trinajstić information content (AvgIpc) is 3.23. The van der Waals surface area contributed by atoms with Gasteiger partial charge in [0.2, 0.25) is 0 Å². The van der Waals surface area contributed by atoms with Crippen LogP contribution in [0.1, 0.15) is 15.9 Å². The summed E-state index contributed by atoms with van der Waals surface area (Å²) in [5.41, 5.74) is 5.30. The van der Waals surface area contributed by atoms with Crippen molar-refractivity contribution in [2.24, 2.45) is 0 Å². The van der Waals surface area contributed by atoms with E-state index in [2.05, 4.69) is 34.6 Å². The Bertz CT molecular complexity index is 1200. The maximum Gasteiger partial charge on any atom is 0.414 e. The molecule has 0 radical (unpaired) electrons. The Morgan fingerprint density at radius 3 is 2.00 bits per heavy atom. The summed E-state index contributed by atoms with van der Waals surface area (Å²) in [6.07, 6.45) is 2.82. The average molecular weight is 430 g/mol. The number of amides is 1. The first-order valence-electron chi connectivity index (χ1n) is 9.90. The predicted molar refractivity (Wildman–Crippen MR) is 121 cm³/mol. The summed E-state index contributed by atoms with van der Waals surface area (Å²) >= 11 is 0. The molecule has 7 heteroatoms. The molecule has 0 saturated carbocycles. The number of fused-ring (bicyclic) bond motifs is 1. The molecule has 0 saturated heterocycles. The highest BCUT2D eigenvalue weighted by Crippen LogP contribution is 2.20. The van der Waals surface area contributed by atoms with E-state index < -0.39 is 11.9 Å². The topological polar surface area (TPSA) is 119 Å². The van der Waals surface area contributed by atoms with Crippen LogP contribution in [-0.4, -0.2) is 39.6 Å². The second-order valence-electron chi connectivity index (χ2n) is 6.92. The minimum atomic E-state index is -1.82. The lowest BCUT2D eigenvalue weighted by atomic mass is 10.0. The zero-order valence-electron chi connectivity index (χ0n) is 17.1. The normalized spacial score (nSPS) is 10.1. The number of carboxylic acid groups (broad SMARTS) is 2. The van der Waals surface area contributed by atoms with Crippen molar-refractivity contribution in [3.05, 3.63) is 96.2 Å². The highest BCUT2D eigenvalue weighted by Gasteiger charge is 2.07. The van der Waals surface area contributed by atoms with Gasteiger partial charge in [-0.25, -0.2) is 9.59 Å². The van der Waals surface area contributed by atoms with E-state index in [9.17, 15) is 4.79 Å². The lowest BCUT2D eigenvalue weighted by Gasteiger charge is -2.06. The molecule has 4 aromatic rings. The molecule has 0 spiro atoms. The van der Waals surface area contributed by atoms with E-state index in [1.807, 2.05) is 60.8 Å². The fourth-order valence-corrected chi connectivity index (χ4v) is 3.20. The third-order valence-corrected chi connectivity index (χ3v) is 4.79. The number of benzene rings is 3. The first-order valence-corrected chi connectivity index (χ1v) is 9.90. The van der Waals surface area contributed by atoms with Gasteiger partial charge in [0.05, 0.1) is 0 Å². The number of nitrogens with one attached hydrogen (secondary N) is 2. The third-order valence-electron chi connectivity index (χ3n) is 4.79. The minimum absolute atomic E-state index is 0.0375. The van der Waals surface area contributed by atoms with Gasteiger partial charge in [-0.15, -0.1) is 0 Å². The Hall–Kier alpha value is -4.39. The maximum atomic E-state index is 12.4. The molecule has 4 rings (SSSR count). The van der Waals surface area contributed by atoms with E-state index in [1.54, 1.807) is 0 Å². The van der Waals surface area contributed by atoms with Gasteiger partial charge in [0, 0.05) is 29.2 Å². The minimum Gasteiger partial charge on any atom is -0.473 e. The van der Waals surface area contributed by atoms with Crippen molar-refractivity contribution < 1.29 is 24.6 Å². The second-order valence-corrected chi connectivity index (χ2v) is 6.92. The Labute approximate surface area is 184 Å². The van der Waals surface area contributed by atoms with Crippen LogP contribution < -0.4 is 5.32 Å². The molecule has 1 amide bonds. The molecule has 3 aromatic carbocycles. The van der Waals surface area contributed by atoms with Crippen molar-refractivity contribution in [2.75, 3.05) is 6.54 Å². The number of H-pyrrole nitrogens is 1. The Morgan fingerprint density at radius 1 is 0.750 bits per heavy atom. The van der Waals surface area contributed by atoms with E-state index >= 15 is 0 Å². The number of aromatic amines is 1. The molecule has 0 fully saturated rings. The van der Waals surface area contributed by atoms with Crippen molar-refractivity contribution >= 4 is 28.7 Å². The number of hydrogen-bond acceptors (Lipinski definition) is 3. The van der Waals surface area contributed by atoms with Crippen LogP contribution in [0.5, 0.6) is 0 Å². The number of para-hydroxylation sites is 1. The number of aromatic nitrogens is 1. The summed E-state index contributed by atoms with van der Waals surface area (Å²) in [7, 11) is 0. The van der Waals surface area contributed by atoms with Crippen LogP contribution in [0.2, 0.25) is 0 Å². The van der Waals surface area contributed by atoms with Gasteiger partial charge in [0.15, 0.2) is 0 Å². The second kappa shape index (κ2) is 10.6.